The van der Waals surface area contributed by atoms with E-state index in [0.29, 0.717) is 6.61 Å². The van der Waals surface area contributed by atoms with Crippen LogP contribution in [-0.4, -0.2) is 70.5 Å². The number of benzene rings is 1. The van der Waals surface area contributed by atoms with Crippen LogP contribution in [0.5, 0.6) is 5.75 Å². The van der Waals surface area contributed by atoms with E-state index in [2.05, 4.69) is 40.3 Å². The summed E-state index contributed by atoms with van der Waals surface area (Å²) in [6.07, 6.45) is 12.4. The standard InChI is InChI=1S/C27H36N2O3.C3H6.C2H6O.C2H6/c1-3-4-10-24-23-12-11-22(32-18-15-29-13-16-31-17-14-29)19-25(23)20(2)26(24)27(30)28-21-8-6-5-7-9-21;2*1-3-2;1-2/h3-4,11-12,19,21H,2,5-10,13-18H2,1H3,(H,28,30);3H,1H2,2H3;1-2H3;1-2H3/b4-3-;;;. The Bertz CT molecular complexity index is 955. The third-order valence-electron chi connectivity index (χ3n) is 6.75. The normalized spacial score (nSPS) is 17.0. The molecule has 1 aliphatic heterocycles. The molecule has 2 aliphatic carbocycles. The second-order valence-electron chi connectivity index (χ2n) is 9.74. The highest BCUT2D eigenvalue weighted by Gasteiger charge is 2.30. The number of amides is 1. The molecule has 40 heavy (non-hydrogen) atoms. The van der Waals surface area contributed by atoms with Crippen LogP contribution in [0.15, 0.2) is 55.2 Å². The number of nitrogens with one attached hydrogen (secondary N) is 1. The second kappa shape index (κ2) is 21.1. The van der Waals surface area contributed by atoms with Crippen LogP contribution in [-0.2, 0) is 14.3 Å². The van der Waals surface area contributed by atoms with Gasteiger partial charge in [0.05, 0.1) is 18.8 Å². The minimum atomic E-state index is 0.0207. The molecule has 1 amide bonds. The molecule has 0 radical (unpaired) electrons. The highest BCUT2D eigenvalue weighted by atomic mass is 16.5. The van der Waals surface area contributed by atoms with E-state index in [4.69, 9.17) is 9.47 Å². The smallest absolute Gasteiger partial charge is 0.252 e. The Kier molecular flexibility index (Phi) is 18.7. The van der Waals surface area contributed by atoms with E-state index >= 15 is 0 Å². The fraction of sp³-hybridized carbons (Fsp3) is 0.559. The van der Waals surface area contributed by atoms with Gasteiger partial charge in [-0.25, -0.2) is 0 Å². The van der Waals surface area contributed by atoms with Crippen molar-refractivity contribution in [3.8, 4) is 5.75 Å². The van der Waals surface area contributed by atoms with Crippen LogP contribution in [0.2, 0.25) is 0 Å². The molecule has 224 valence electrons. The van der Waals surface area contributed by atoms with Crippen LogP contribution < -0.4 is 10.1 Å². The van der Waals surface area contributed by atoms with Crippen LogP contribution in [0.4, 0.5) is 0 Å². The number of hydrogen-bond donors (Lipinski definition) is 1. The monoisotopic (exact) mass is 554 g/mol. The molecule has 1 saturated heterocycles. The summed E-state index contributed by atoms with van der Waals surface area (Å²) in [5.41, 5.74) is 4.74. The molecule has 0 aromatic heterocycles. The first-order valence-electron chi connectivity index (χ1n) is 14.9. The number of ether oxygens (including phenoxy) is 3. The molecule has 4 rings (SSSR count). The Morgan fingerprint density at radius 2 is 1.73 bits per heavy atom. The van der Waals surface area contributed by atoms with Gasteiger partial charge in [0.2, 0.25) is 0 Å². The maximum Gasteiger partial charge on any atom is 0.252 e. The number of hydrogen-bond acceptors (Lipinski definition) is 5. The van der Waals surface area contributed by atoms with Crippen molar-refractivity contribution in [2.75, 3.05) is 53.7 Å². The lowest BCUT2D eigenvalue weighted by Crippen LogP contribution is -2.38. The number of methoxy groups -OCH3 is 1. The highest BCUT2D eigenvalue weighted by Crippen LogP contribution is 2.43. The topological polar surface area (TPSA) is 60.0 Å². The van der Waals surface area contributed by atoms with Gasteiger partial charge >= 0.3 is 0 Å². The average molecular weight is 555 g/mol. The van der Waals surface area contributed by atoms with Gasteiger partial charge in [-0.15, -0.1) is 6.58 Å². The van der Waals surface area contributed by atoms with Gasteiger partial charge in [0.25, 0.3) is 5.91 Å². The van der Waals surface area contributed by atoms with Gasteiger partial charge < -0.3 is 19.5 Å². The number of nitrogens with zero attached hydrogens (tertiary/aromatic N) is 1. The van der Waals surface area contributed by atoms with Crippen molar-refractivity contribution < 1.29 is 19.0 Å². The maximum absolute atomic E-state index is 13.3. The highest BCUT2D eigenvalue weighted by molar-refractivity contribution is 6.19. The zero-order valence-electron chi connectivity index (χ0n) is 26.0. The molecule has 1 aromatic carbocycles. The molecule has 1 aromatic rings. The summed E-state index contributed by atoms with van der Waals surface area (Å²) in [5, 5.41) is 3.29. The van der Waals surface area contributed by atoms with Crippen LogP contribution >= 0.6 is 0 Å². The van der Waals surface area contributed by atoms with Gasteiger partial charge in [-0.1, -0.05) is 64.0 Å². The summed E-state index contributed by atoms with van der Waals surface area (Å²) in [6.45, 7) is 20.6. The molecule has 0 bridgehead atoms. The molecule has 6 heteroatoms. The Balaban J connectivity index is 0.000000902. The van der Waals surface area contributed by atoms with E-state index in [1.807, 2.05) is 45.9 Å². The van der Waals surface area contributed by atoms with Gasteiger partial charge in [0.15, 0.2) is 0 Å². The van der Waals surface area contributed by atoms with Crippen molar-refractivity contribution in [2.24, 2.45) is 0 Å². The summed E-state index contributed by atoms with van der Waals surface area (Å²) >= 11 is 0. The van der Waals surface area contributed by atoms with E-state index in [0.717, 1.165) is 85.7 Å². The summed E-state index contributed by atoms with van der Waals surface area (Å²) in [5.74, 6) is 0.852. The van der Waals surface area contributed by atoms with E-state index in [9.17, 15) is 4.79 Å². The number of carbonyl (C=O) groups excluding carboxylic acids is 1. The molecular formula is C34H54N2O4. The average Bonchev–Trinajstić information content (AvgIpc) is 3.25. The Hall–Kier alpha value is -2.67. The van der Waals surface area contributed by atoms with Gasteiger partial charge in [0.1, 0.15) is 12.4 Å². The number of morpholine rings is 1. The predicted molar refractivity (Wildman–Crippen MR) is 170 cm³/mol. The van der Waals surface area contributed by atoms with Gasteiger partial charge in [-0.2, -0.15) is 0 Å². The van der Waals surface area contributed by atoms with Gasteiger partial charge in [0, 0.05) is 39.9 Å². The zero-order chi connectivity index (χ0) is 29.8. The first-order chi connectivity index (χ1) is 19.5. The summed E-state index contributed by atoms with van der Waals surface area (Å²) < 4.78 is 15.7. The second-order valence-corrected chi connectivity index (χ2v) is 9.74. The number of rotatable bonds is 8. The minimum Gasteiger partial charge on any atom is -0.492 e. The summed E-state index contributed by atoms with van der Waals surface area (Å²) in [6, 6.07) is 6.43. The Morgan fingerprint density at radius 1 is 1.10 bits per heavy atom. The van der Waals surface area contributed by atoms with Crippen molar-refractivity contribution in [3.63, 3.8) is 0 Å². The van der Waals surface area contributed by atoms with E-state index < -0.39 is 0 Å². The lowest BCUT2D eigenvalue weighted by atomic mass is 9.94. The van der Waals surface area contributed by atoms with Crippen LogP contribution in [0.1, 0.15) is 77.3 Å². The molecule has 3 aliphatic rings. The molecule has 0 atom stereocenters. The van der Waals surface area contributed by atoms with Crippen molar-refractivity contribution in [2.45, 2.75) is 72.3 Å². The predicted octanol–water partition coefficient (Wildman–Crippen LogP) is 7.07. The van der Waals surface area contributed by atoms with Crippen LogP contribution in [0.3, 0.4) is 0 Å². The molecule has 1 heterocycles. The fourth-order valence-corrected chi connectivity index (χ4v) is 4.92. The van der Waals surface area contributed by atoms with Gasteiger partial charge in [-0.05, 0) is 67.5 Å². The third kappa shape index (κ3) is 11.4. The van der Waals surface area contributed by atoms with Crippen LogP contribution in [0.25, 0.3) is 11.1 Å². The summed E-state index contributed by atoms with van der Waals surface area (Å²) in [7, 11) is 3.25. The SMILES string of the molecule is C=C1C(C(=O)NC2CCCCC2)=C(C/C=C\C)c2ccc(OCCN3CCOCC3)cc21.C=CC.CC.COC. The number of allylic oxidation sites excluding steroid dienone is 4. The van der Waals surface area contributed by atoms with E-state index in [1.54, 1.807) is 20.3 Å². The maximum atomic E-state index is 13.3. The third-order valence-corrected chi connectivity index (χ3v) is 6.75. The van der Waals surface area contributed by atoms with Crippen molar-refractivity contribution in [3.05, 3.63) is 66.3 Å². The number of carbonyl (C=O) groups is 1. The van der Waals surface area contributed by atoms with E-state index in [-0.39, 0.29) is 11.9 Å². The molecule has 6 nitrogen and oxygen atoms in total. The Morgan fingerprint density at radius 3 is 2.33 bits per heavy atom. The molecule has 0 spiro atoms. The van der Waals surface area contributed by atoms with Gasteiger partial charge in [-0.3, -0.25) is 9.69 Å². The molecule has 0 unspecified atom stereocenters. The lowest BCUT2D eigenvalue weighted by molar-refractivity contribution is -0.117. The Labute approximate surface area is 244 Å². The van der Waals surface area contributed by atoms with Crippen molar-refractivity contribution >= 4 is 17.1 Å². The van der Waals surface area contributed by atoms with Crippen molar-refractivity contribution in [1.29, 1.82) is 0 Å². The molecule has 1 N–H and O–H groups in total. The fourth-order valence-electron chi connectivity index (χ4n) is 4.92. The molecule has 1 saturated carbocycles. The quantitative estimate of drug-likeness (QED) is 0.348. The van der Waals surface area contributed by atoms with Crippen molar-refractivity contribution in [1.82, 2.24) is 10.2 Å². The largest absolute Gasteiger partial charge is 0.492 e. The molecular weight excluding hydrogens is 500 g/mol. The lowest BCUT2D eigenvalue weighted by Gasteiger charge is -2.26. The minimum absolute atomic E-state index is 0.0207. The molecule has 2 fully saturated rings. The summed E-state index contributed by atoms with van der Waals surface area (Å²) in [4.78, 5) is 15.7. The first-order valence-corrected chi connectivity index (χ1v) is 14.9. The first kappa shape index (κ1) is 35.4. The number of fused-ring (bicyclic) bond motifs is 1. The van der Waals surface area contributed by atoms with E-state index in [1.165, 1.54) is 19.3 Å². The van der Waals surface area contributed by atoms with Crippen LogP contribution in [0, 0.1) is 0 Å². The zero-order valence-corrected chi connectivity index (χ0v) is 26.0.